The smallest absolute Gasteiger partial charge is 0.136 e. The summed E-state index contributed by atoms with van der Waals surface area (Å²) in [5.41, 5.74) is -1.25. The van der Waals surface area contributed by atoms with Gasteiger partial charge in [-0.3, -0.25) is 14.4 Å². The quantitative estimate of drug-likeness (QED) is 0.180. The molecule has 0 spiro atoms. The monoisotopic (exact) mass is 833 g/mol. The van der Waals surface area contributed by atoms with E-state index in [1.165, 1.54) is 38.5 Å². The predicted molar refractivity (Wildman–Crippen MR) is 250 cm³/mol. The van der Waals surface area contributed by atoms with Crippen molar-refractivity contribution in [1.82, 2.24) is 0 Å². The number of carbonyl (C=O) groups is 3. The number of Topliss-reactive ketones (excluding diaryl/α,β-unsaturated/α-hetero) is 3. The fourth-order valence-electron chi connectivity index (χ4n) is 12.6. The van der Waals surface area contributed by atoms with Crippen LogP contribution in [0.2, 0.25) is 0 Å². The molecule has 0 aromatic rings. The highest BCUT2D eigenvalue weighted by Gasteiger charge is 2.45. The maximum absolute atomic E-state index is 12.0. The Morgan fingerprint density at radius 3 is 1.18 bits per heavy atom. The van der Waals surface area contributed by atoms with Crippen LogP contribution in [-0.2, 0) is 14.4 Å². The number of fused-ring (bicyclic) bond motifs is 3. The lowest BCUT2D eigenvalue weighted by atomic mass is 9.73. The van der Waals surface area contributed by atoms with Gasteiger partial charge in [0.2, 0.25) is 0 Å². The molecule has 5 heteroatoms. The first kappa shape index (κ1) is 50.8. The van der Waals surface area contributed by atoms with Crippen LogP contribution in [0.5, 0.6) is 0 Å². The highest BCUT2D eigenvalue weighted by atomic mass is 16.3. The molecule has 0 radical (unpaired) electrons. The average molecular weight is 833 g/mol. The molecular formula is C55H92O5. The van der Waals surface area contributed by atoms with Crippen molar-refractivity contribution >= 4 is 17.3 Å². The fraction of sp³-hybridized carbons (Fsp3) is 0.836. The van der Waals surface area contributed by atoms with Gasteiger partial charge in [-0.05, 0) is 182 Å². The van der Waals surface area contributed by atoms with E-state index in [1.807, 2.05) is 27.7 Å². The number of aliphatic hydroxyl groups is 2. The van der Waals surface area contributed by atoms with E-state index in [9.17, 15) is 24.6 Å². The summed E-state index contributed by atoms with van der Waals surface area (Å²) in [6.45, 7) is 25.5. The summed E-state index contributed by atoms with van der Waals surface area (Å²) in [6.07, 6.45) is 31.3. The molecule has 6 rings (SSSR count). The van der Waals surface area contributed by atoms with Crippen LogP contribution in [-0.4, -0.2) is 38.8 Å². The molecule has 15 atom stereocenters. The molecule has 6 aliphatic carbocycles. The van der Waals surface area contributed by atoms with Gasteiger partial charge >= 0.3 is 0 Å². The second-order valence-electron chi connectivity index (χ2n) is 22.9. The van der Waals surface area contributed by atoms with E-state index in [-0.39, 0.29) is 5.92 Å². The molecular weight excluding hydrogens is 741 g/mol. The van der Waals surface area contributed by atoms with Gasteiger partial charge in [0.15, 0.2) is 0 Å². The van der Waals surface area contributed by atoms with E-state index in [1.54, 1.807) is 0 Å². The lowest BCUT2D eigenvalue weighted by molar-refractivity contribution is -0.127. The number of ketones is 3. The van der Waals surface area contributed by atoms with Crippen LogP contribution in [0.1, 0.15) is 186 Å². The van der Waals surface area contributed by atoms with Crippen LogP contribution in [0.25, 0.3) is 0 Å². The molecule has 0 amide bonds. The number of allylic oxidation sites excluding steroid dienone is 5. The highest BCUT2D eigenvalue weighted by Crippen LogP contribution is 2.50. The van der Waals surface area contributed by atoms with E-state index in [0.717, 1.165) is 76.0 Å². The Hall–Kier alpha value is -1.85. The SMILES string of the molecule is CC(C)[C@@H](C)/C=C/[C@H](C)C1CC[C@H]2C(=O)CCC[C@H]12.C[C@@H](/C=C/[C@H](C)C1CC[C@H]2C(=O)CCC[C@H]12)CC(C)(C)O.C[C@H](/C=C/[C@H](C)C1CC[C@H]2C(=O)CCC[C@H]12)C(C)(C)O. The van der Waals surface area contributed by atoms with Crippen molar-refractivity contribution in [3.63, 3.8) is 0 Å². The van der Waals surface area contributed by atoms with E-state index in [2.05, 4.69) is 91.8 Å². The molecule has 0 aromatic carbocycles. The van der Waals surface area contributed by atoms with Gasteiger partial charge in [0, 0.05) is 42.9 Å². The zero-order valence-electron chi connectivity index (χ0n) is 40.6. The van der Waals surface area contributed by atoms with Crippen molar-refractivity contribution in [3.8, 4) is 0 Å². The van der Waals surface area contributed by atoms with E-state index >= 15 is 0 Å². The third-order valence-corrected chi connectivity index (χ3v) is 16.9. The van der Waals surface area contributed by atoms with Crippen molar-refractivity contribution in [2.45, 2.75) is 197 Å². The summed E-state index contributed by atoms with van der Waals surface area (Å²) >= 11 is 0. The summed E-state index contributed by atoms with van der Waals surface area (Å²) in [7, 11) is 0. The fourth-order valence-corrected chi connectivity index (χ4v) is 12.6. The third kappa shape index (κ3) is 14.3. The topological polar surface area (TPSA) is 91.7 Å². The molecule has 6 aliphatic rings. The number of hydrogen-bond acceptors (Lipinski definition) is 5. The van der Waals surface area contributed by atoms with Crippen molar-refractivity contribution in [1.29, 1.82) is 0 Å². The molecule has 5 nitrogen and oxygen atoms in total. The number of carbonyl (C=O) groups excluding carboxylic acids is 3. The van der Waals surface area contributed by atoms with Crippen LogP contribution in [0.3, 0.4) is 0 Å². The average Bonchev–Trinajstić information content (AvgIpc) is 3.93. The van der Waals surface area contributed by atoms with E-state index in [4.69, 9.17) is 0 Å². The first-order chi connectivity index (χ1) is 28.1. The second-order valence-corrected chi connectivity index (χ2v) is 22.9. The van der Waals surface area contributed by atoms with Crippen LogP contribution in [0.15, 0.2) is 36.5 Å². The Balaban J connectivity index is 0.000000199. The van der Waals surface area contributed by atoms with Gasteiger partial charge in [0.25, 0.3) is 0 Å². The van der Waals surface area contributed by atoms with Crippen molar-refractivity contribution in [3.05, 3.63) is 36.5 Å². The molecule has 3 unspecified atom stereocenters. The summed E-state index contributed by atoms with van der Waals surface area (Å²) < 4.78 is 0. The molecule has 0 aromatic heterocycles. The van der Waals surface area contributed by atoms with E-state index in [0.29, 0.717) is 94.3 Å². The lowest BCUT2D eigenvalue weighted by Gasteiger charge is -2.31. The van der Waals surface area contributed by atoms with Crippen LogP contribution < -0.4 is 0 Å². The molecule has 0 bridgehead atoms. The number of rotatable bonds is 13. The second kappa shape index (κ2) is 22.7. The zero-order valence-corrected chi connectivity index (χ0v) is 40.6. The van der Waals surface area contributed by atoms with Crippen molar-refractivity contribution in [2.75, 3.05) is 0 Å². The predicted octanol–water partition coefficient (Wildman–Crippen LogP) is 13.2. The van der Waals surface area contributed by atoms with E-state index < -0.39 is 11.2 Å². The minimum atomic E-state index is -0.658. The summed E-state index contributed by atoms with van der Waals surface area (Å²) in [5, 5.41) is 19.9. The van der Waals surface area contributed by atoms with Gasteiger partial charge in [-0.2, -0.15) is 0 Å². The molecule has 0 aliphatic heterocycles. The van der Waals surface area contributed by atoms with Gasteiger partial charge in [-0.25, -0.2) is 0 Å². The maximum atomic E-state index is 12.0. The van der Waals surface area contributed by atoms with Crippen LogP contribution in [0.4, 0.5) is 0 Å². The molecule has 2 N–H and O–H groups in total. The van der Waals surface area contributed by atoms with Gasteiger partial charge in [-0.15, -0.1) is 0 Å². The Bertz CT molecular complexity index is 1460. The van der Waals surface area contributed by atoms with Crippen LogP contribution >= 0.6 is 0 Å². The third-order valence-electron chi connectivity index (χ3n) is 16.9. The van der Waals surface area contributed by atoms with Gasteiger partial charge in [0.05, 0.1) is 11.2 Å². The van der Waals surface area contributed by atoms with Crippen molar-refractivity contribution < 1.29 is 24.6 Å². The Kier molecular flexibility index (Phi) is 19.2. The van der Waals surface area contributed by atoms with Gasteiger partial charge < -0.3 is 10.2 Å². The normalized spacial score (nSPS) is 34.0. The minimum absolute atomic E-state index is 0.162. The number of hydrogen-bond donors (Lipinski definition) is 2. The first-order valence-corrected chi connectivity index (χ1v) is 25.2. The van der Waals surface area contributed by atoms with Crippen molar-refractivity contribution in [2.24, 2.45) is 94.7 Å². The van der Waals surface area contributed by atoms with Crippen LogP contribution in [0, 0.1) is 94.7 Å². The standard InChI is InChI=1S/C19H32O2.C18H30O2.C18H30O/c1-13(12-19(3,4)21)8-9-14(2)15-10-11-17-16(15)6-5-7-18(17)20;1-12(8-9-13(2)18(3,4)20)14-10-11-16-15(14)6-5-7-17(16)19;1-12(2)13(3)8-9-14(4)15-10-11-17-16(15)6-5-7-18(17)19/h8-9,13-17,21H,5-7,10-12H2,1-4H3;8-9,12-16,20H,5-7,10-11H2,1-4H3;8-9,12-17H,5-7,10-11H2,1-4H3/b3*9-8+/t13-,14-,15?,16+,17+;12-,13+,14?,15+,16+;13-,14-,15?,16+,17+/m000/s1. The highest BCUT2D eigenvalue weighted by molar-refractivity contribution is 5.83. The molecule has 0 heterocycles. The van der Waals surface area contributed by atoms with Gasteiger partial charge in [0.1, 0.15) is 17.3 Å². The molecule has 6 saturated carbocycles. The van der Waals surface area contributed by atoms with Gasteiger partial charge in [-0.1, -0.05) is 91.8 Å². The largest absolute Gasteiger partial charge is 0.390 e. The Morgan fingerprint density at radius 2 is 0.850 bits per heavy atom. The zero-order chi connectivity index (χ0) is 44.5. The Morgan fingerprint density at radius 1 is 0.500 bits per heavy atom. The lowest BCUT2D eigenvalue weighted by Crippen LogP contribution is -2.29. The Labute approximate surface area is 368 Å². The first-order valence-electron chi connectivity index (χ1n) is 25.2. The molecule has 342 valence electrons. The minimum Gasteiger partial charge on any atom is -0.390 e. The maximum Gasteiger partial charge on any atom is 0.136 e. The summed E-state index contributed by atoms with van der Waals surface area (Å²) in [5.74, 6) is 10.4. The summed E-state index contributed by atoms with van der Waals surface area (Å²) in [4.78, 5) is 36.0. The summed E-state index contributed by atoms with van der Waals surface area (Å²) in [6, 6.07) is 0. The molecule has 0 saturated heterocycles. The molecule has 60 heavy (non-hydrogen) atoms. The molecule has 6 fully saturated rings.